The summed E-state index contributed by atoms with van der Waals surface area (Å²) in [5, 5.41) is 2.10. The van der Waals surface area contributed by atoms with Crippen LogP contribution >= 0.6 is 23.4 Å². The maximum atomic E-state index is 12.9. The molecule has 138 valence electrons. The van der Waals surface area contributed by atoms with Crippen molar-refractivity contribution in [2.24, 2.45) is 0 Å². The SMILES string of the molecule is CC(C)(C)NC(=O)OC1SCN(c2ccc(Cl)c(C(F)(F)F)c2)C1=O. The number of alkyl carbamates (subject to hydrolysis) is 1. The van der Waals surface area contributed by atoms with Crippen molar-refractivity contribution in [2.45, 2.75) is 37.9 Å². The summed E-state index contributed by atoms with van der Waals surface area (Å²) in [6.45, 7) is 5.24. The van der Waals surface area contributed by atoms with Crippen LogP contribution in [0.25, 0.3) is 0 Å². The number of ether oxygens (including phenoxy) is 1. The lowest BCUT2D eigenvalue weighted by atomic mass is 10.1. The highest BCUT2D eigenvalue weighted by molar-refractivity contribution is 8.01. The van der Waals surface area contributed by atoms with Gasteiger partial charge >= 0.3 is 12.3 Å². The van der Waals surface area contributed by atoms with Gasteiger partial charge in [0.2, 0.25) is 5.44 Å². The van der Waals surface area contributed by atoms with Gasteiger partial charge in [0, 0.05) is 11.2 Å². The number of anilines is 1. The van der Waals surface area contributed by atoms with Crippen molar-refractivity contribution in [1.29, 1.82) is 0 Å². The molecule has 0 bridgehead atoms. The van der Waals surface area contributed by atoms with Crippen LogP contribution in [0, 0.1) is 0 Å². The van der Waals surface area contributed by atoms with Gasteiger partial charge < -0.3 is 10.1 Å². The second-order valence-corrected chi connectivity index (χ2v) is 7.76. The number of rotatable bonds is 2. The first-order chi connectivity index (χ1) is 11.4. The summed E-state index contributed by atoms with van der Waals surface area (Å²) in [5.74, 6) is -0.546. The molecular weight excluding hydrogens is 381 g/mol. The van der Waals surface area contributed by atoms with Crippen LogP contribution in [0.5, 0.6) is 0 Å². The van der Waals surface area contributed by atoms with E-state index in [0.29, 0.717) is 0 Å². The molecule has 5 nitrogen and oxygen atoms in total. The Morgan fingerprint density at radius 3 is 2.56 bits per heavy atom. The van der Waals surface area contributed by atoms with Gasteiger partial charge in [-0.2, -0.15) is 13.2 Å². The molecule has 0 spiro atoms. The zero-order valence-electron chi connectivity index (χ0n) is 13.6. The summed E-state index contributed by atoms with van der Waals surface area (Å²) in [6.07, 6.45) is -5.40. The van der Waals surface area contributed by atoms with Crippen LogP contribution in [0.1, 0.15) is 26.3 Å². The number of nitrogens with zero attached hydrogens (tertiary/aromatic N) is 1. The molecule has 0 radical (unpaired) electrons. The second kappa shape index (κ2) is 6.95. The highest BCUT2D eigenvalue weighted by atomic mass is 35.5. The maximum Gasteiger partial charge on any atom is 0.417 e. The summed E-state index contributed by atoms with van der Waals surface area (Å²) in [4.78, 5) is 25.2. The summed E-state index contributed by atoms with van der Waals surface area (Å²) < 4.78 is 43.9. The number of carbonyl (C=O) groups is 2. The van der Waals surface area contributed by atoms with Crippen LogP contribution in [0.4, 0.5) is 23.7 Å². The Morgan fingerprint density at radius 2 is 2.00 bits per heavy atom. The fraction of sp³-hybridized carbons (Fsp3) is 0.467. The lowest BCUT2D eigenvalue weighted by Gasteiger charge is -2.21. The topological polar surface area (TPSA) is 58.6 Å². The van der Waals surface area contributed by atoms with Crippen LogP contribution in [0.3, 0.4) is 0 Å². The quantitative estimate of drug-likeness (QED) is 0.812. The molecule has 1 aromatic rings. The van der Waals surface area contributed by atoms with E-state index in [1.807, 2.05) is 0 Å². The monoisotopic (exact) mass is 396 g/mol. The molecule has 1 aliphatic heterocycles. The van der Waals surface area contributed by atoms with Gasteiger partial charge in [-0.25, -0.2) is 4.79 Å². The number of alkyl halides is 3. The van der Waals surface area contributed by atoms with Crippen molar-refractivity contribution in [3.8, 4) is 0 Å². The number of halogens is 4. The van der Waals surface area contributed by atoms with Crippen LogP contribution in [0.15, 0.2) is 18.2 Å². The van der Waals surface area contributed by atoms with Crippen molar-refractivity contribution < 1.29 is 27.5 Å². The molecule has 25 heavy (non-hydrogen) atoms. The van der Waals surface area contributed by atoms with E-state index < -0.39 is 39.7 Å². The molecule has 2 rings (SSSR count). The summed E-state index contributed by atoms with van der Waals surface area (Å²) in [5.41, 5.74) is -2.65. The van der Waals surface area contributed by atoms with Gasteiger partial charge in [-0.05, 0) is 39.0 Å². The van der Waals surface area contributed by atoms with E-state index in [1.54, 1.807) is 20.8 Å². The number of thioether (sulfide) groups is 1. The van der Waals surface area contributed by atoms with Crippen LogP contribution in [-0.4, -0.2) is 28.9 Å². The Labute approximate surface area is 151 Å². The third-order valence-electron chi connectivity index (χ3n) is 3.08. The van der Waals surface area contributed by atoms with Crippen molar-refractivity contribution >= 4 is 41.1 Å². The Balaban J connectivity index is 2.13. The van der Waals surface area contributed by atoms with E-state index in [4.69, 9.17) is 16.3 Å². The fourth-order valence-electron chi connectivity index (χ4n) is 2.02. The number of amides is 2. The maximum absolute atomic E-state index is 12.9. The molecule has 1 heterocycles. The zero-order chi connectivity index (χ0) is 19.0. The Morgan fingerprint density at radius 1 is 1.36 bits per heavy atom. The van der Waals surface area contributed by atoms with Crippen molar-refractivity contribution in [3.05, 3.63) is 28.8 Å². The molecule has 10 heteroatoms. The van der Waals surface area contributed by atoms with Crippen LogP contribution in [0.2, 0.25) is 5.02 Å². The van der Waals surface area contributed by atoms with Crippen molar-refractivity contribution in [1.82, 2.24) is 5.32 Å². The van der Waals surface area contributed by atoms with Gasteiger partial charge in [0.05, 0.1) is 16.5 Å². The molecule has 0 aliphatic carbocycles. The first-order valence-corrected chi connectivity index (χ1v) is 8.60. The van der Waals surface area contributed by atoms with E-state index >= 15 is 0 Å². The molecule has 0 saturated carbocycles. The van der Waals surface area contributed by atoms with Gasteiger partial charge in [-0.1, -0.05) is 23.4 Å². The lowest BCUT2D eigenvalue weighted by Crippen LogP contribution is -2.43. The highest BCUT2D eigenvalue weighted by Gasteiger charge is 2.39. The standard InChI is InChI=1S/C15H16ClF3N2O3S/c1-14(2,3)20-13(23)24-12-11(22)21(7-25-12)8-4-5-10(16)9(6-8)15(17,18)19/h4-6,12H,7H2,1-3H3,(H,20,23). The van der Waals surface area contributed by atoms with Gasteiger partial charge in [-0.3, -0.25) is 9.69 Å². The smallest absolute Gasteiger partial charge is 0.417 e. The van der Waals surface area contributed by atoms with Crippen molar-refractivity contribution in [3.63, 3.8) is 0 Å². The van der Waals surface area contributed by atoms with Crippen molar-refractivity contribution in [2.75, 3.05) is 10.8 Å². The largest absolute Gasteiger partial charge is 0.425 e. The lowest BCUT2D eigenvalue weighted by molar-refractivity contribution is -0.137. The number of carbonyl (C=O) groups excluding carboxylic acids is 2. The molecular formula is C15H16ClF3N2O3S. The number of nitrogens with one attached hydrogen (secondary N) is 1. The Kier molecular flexibility index (Phi) is 5.48. The first kappa shape index (κ1) is 19.7. The highest BCUT2D eigenvalue weighted by Crippen LogP contribution is 2.38. The molecule has 1 saturated heterocycles. The first-order valence-electron chi connectivity index (χ1n) is 7.17. The summed E-state index contributed by atoms with van der Waals surface area (Å²) >= 11 is 6.58. The number of hydrogen-bond donors (Lipinski definition) is 1. The molecule has 1 unspecified atom stereocenters. The molecule has 1 fully saturated rings. The average Bonchev–Trinajstić information content (AvgIpc) is 2.77. The van der Waals surface area contributed by atoms with Crippen LogP contribution in [-0.2, 0) is 15.7 Å². The Bertz CT molecular complexity index is 692. The van der Waals surface area contributed by atoms with E-state index in [9.17, 15) is 22.8 Å². The van der Waals surface area contributed by atoms with Gasteiger partial charge in [-0.15, -0.1) is 0 Å². The van der Waals surface area contributed by atoms with Gasteiger partial charge in [0.25, 0.3) is 5.91 Å². The number of benzene rings is 1. The van der Waals surface area contributed by atoms with E-state index in [2.05, 4.69) is 5.32 Å². The third-order valence-corrected chi connectivity index (χ3v) is 4.42. The molecule has 1 N–H and O–H groups in total. The molecule has 1 aromatic carbocycles. The average molecular weight is 397 g/mol. The fourth-order valence-corrected chi connectivity index (χ4v) is 3.23. The van der Waals surface area contributed by atoms with Gasteiger partial charge in [0.15, 0.2) is 0 Å². The molecule has 2 amide bonds. The minimum absolute atomic E-state index is 0.0385. The predicted molar refractivity (Wildman–Crippen MR) is 89.6 cm³/mol. The van der Waals surface area contributed by atoms with E-state index in [0.717, 1.165) is 28.8 Å². The molecule has 0 aromatic heterocycles. The molecule has 1 aliphatic rings. The molecule has 1 atom stereocenters. The van der Waals surface area contributed by atoms with Gasteiger partial charge in [0.1, 0.15) is 0 Å². The Hall–Kier alpha value is -1.61. The van der Waals surface area contributed by atoms with E-state index in [1.165, 1.54) is 6.07 Å². The second-order valence-electron chi connectivity index (χ2n) is 6.34. The minimum Gasteiger partial charge on any atom is -0.425 e. The third kappa shape index (κ3) is 4.94. The summed E-state index contributed by atoms with van der Waals surface area (Å²) in [7, 11) is 0. The van der Waals surface area contributed by atoms with E-state index in [-0.39, 0.29) is 11.6 Å². The number of hydrogen-bond acceptors (Lipinski definition) is 4. The van der Waals surface area contributed by atoms with Crippen LogP contribution < -0.4 is 10.2 Å². The zero-order valence-corrected chi connectivity index (χ0v) is 15.2. The summed E-state index contributed by atoms with van der Waals surface area (Å²) in [6, 6.07) is 3.20. The predicted octanol–water partition coefficient (Wildman–Crippen LogP) is 4.25. The minimum atomic E-state index is -4.63. The normalized spacial score (nSPS) is 18.4.